The Morgan fingerprint density at radius 1 is 1.28 bits per heavy atom. The van der Waals surface area contributed by atoms with Gasteiger partial charge in [-0.1, -0.05) is 18.2 Å². The van der Waals surface area contributed by atoms with Gasteiger partial charge in [0.15, 0.2) is 0 Å². The summed E-state index contributed by atoms with van der Waals surface area (Å²) in [4.78, 5) is 6.88. The molecule has 0 unspecified atom stereocenters. The Morgan fingerprint density at radius 2 is 2.16 bits per heavy atom. The Kier molecular flexibility index (Phi) is 4.19. The number of β-amino-alcohol motifs (C(OH)–C–C–N with tert-alkyl or cyclic N) is 1. The van der Waals surface area contributed by atoms with Crippen LogP contribution in [-0.2, 0) is 6.54 Å². The summed E-state index contributed by atoms with van der Waals surface area (Å²) in [5, 5.41) is 10.2. The van der Waals surface area contributed by atoms with Gasteiger partial charge in [-0.05, 0) is 42.7 Å². The van der Waals surface area contributed by atoms with Crippen molar-refractivity contribution < 1.29 is 9.84 Å². The number of aliphatic hydroxyl groups is 1. The molecule has 5 nitrogen and oxygen atoms in total. The van der Waals surface area contributed by atoms with E-state index in [2.05, 4.69) is 45.6 Å². The predicted molar refractivity (Wildman–Crippen MR) is 96.7 cm³/mol. The van der Waals surface area contributed by atoms with Gasteiger partial charge in [-0.3, -0.25) is 4.90 Å². The van der Waals surface area contributed by atoms with Gasteiger partial charge in [0, 0.05) is 25.3 Å². The standard InChI is InChI=1S/C20H23N3O2/c1-14-5-4-8-23-16(11-21-20(14)23)12-22-13-17(24)10-19(22)15-6-3-7-18(9-15)25-2/h3-9,11,17,19,24H,10,12-13H2,1-2H3/t17-,19+/m0/s1. The molecule has 25 heavy (non-hydrogen) atoms. The average molecular weight is 337 g/mol. The third kappa shape index (κ3) is 3.01. The summed E-state index contributed by atoms with van der Waals surface area (Å²) in [7, 11) is 1.68. The number of aliphatic hydroxyl groups excluding tert-OH is 1. The summed E-state index contributed by atoms with van der Waals surface area (Å²) in [5.74, 6) is 0.851. The largest absolute Gasteiger partial charge is 0.497 e. The molecule has 1 fully saturated rings. The molecule has 4 rings (SSSR count). The third-order valence-electron chi connectivity index (χ3n) is 5.03. The fourth-order valence-electron chi connectivity index (χ4n) is 3.78. The normalized spacial score (nSPS) is 21.1. The Labute approximate surface area is 147 Å². The van der Waals surface area contributed by atoms with Crippen molar-refractivity contribution in [3.63, 3.8) is 0 Å². The van der Waals surface area contributed by atoms with E-state index in [0.29, 0.717) is 6.54 Å². The lowest BCUT2D eigenvalue weighted by atomic mass is 10.0. The molecule has 2 atom stereocenters. The Balaban J connectivity index is 1.64. The molecule has 5 heteroatoms. The number of imidazole rings is 1. The van der Waals surface area contributed by atoms with Gasteiger partial charge in [-0.25, -0.2) is 4.98 Å². The van der Waals surface area contributed by atoms with Crippen molar-refractivity contribution >= 4 is 5.65 Å². The van der Waals surface area contributed by atoms with Crippen LogP contribution in [0.5, 0.6) is 5.75 Å². The smallest absolute Gasteiger partial charge is 0.139 e. The van der Waals surface area contributed by atoms with E-state index >= 15 is 0 Å². The van der Waals surface area contributed by atoms with Crippen LogP contribution in [0.2, 0.25) is 0 Å². The fraction of sp³-hybridized carbons (Fsp3) is 0.350. The second kappa shape index (κ2) is 6.50. The first-order valence-electron chi connectivity index (χ1n) is 8.63. The lowest BCUT2D eigenvalue weighted by molar-refractivity contribution is 0.172. The van der Waals surface area contributed by atoms with Gasteiger partial charge >= 0.3 is 0 Å². The topological polar surface area (TPSA) is 50.0 Å². The van der Waals surface area contributed by atoms with E-state index in [4.69, 9.17) is 4.74 Å². The summed E-state index contributed by atoms with van der Waals surface area (Å²) < 4.78 is 7.50. The molecule has 130 valence electrons. The third-order valence-corrected chi connectivity index (χ3v) is 5.03. The fourth-order valence-corrected chi connectivity index (χ4v) is 3.78. The second-order valence-electron chi connectivity index (χ2n) is 6.75. The van der Waals surface area contributed by atoms with E-state index in [-0.39, 0.29) is 12.1 Å². The van der Waals surface area contributed by atoms with Crippen LogP contribution >= 0.6 is 0 Å². The number of aryl methyl sites for hydroxylation is 1. The number of methoxy groups -OCH3 is 1. The molecule has 1 aliphatic heterocycles. The molecule has 0 amide bonds. The first kappa shape index (κ1) is 16.1. The number of ether oxygens (including phenoxy) is 1. The van der Waals surface area contributed by atoms with Crippen LogP contribution in [0.1, 0.15) is 29.3 Å². The number of aromatic nitrogens is 2. The summed E-state index contributed by atoms with van der Waals surface area (Å²) >= 11 is 0. The highest BCUT2D eigenvalue weighted by molar-refractivity contribution is 5.48. The van der Waals surface area contributed by atoms with Gasteiger partial charge in [-0.2, -0.15) is 0 Å². The lowest BCUT2D eigenvalue weighted by Crippen LogP contribution is -2.25. The Bertz CT molecular complexity index is 890. The number of hydrogen-bond donors (Lipinski definition) is 1. The molecular weight excluding hydrogens is 314 g/mol. The minimum atomic E-state index is -0.308. The van der Waals surface area contributed by atoms with Crippen LogP contribution < -0.4 is 4.74 Å². The zero-order valence-corrected chi connectivity index (χ0v) is 14.6. The van der Waals surface area contributed by atoms with E-state index < -0.39 is 0 Å². The van der Waals surface area contributed by atoms with Crippen molar-refractivity contribution in [2.24, 2.45) is 0 Å². The molecule has 0 spiro atoms. The van der Waals surface area contributed by atoms with E-state index in [1.807, 2.05) is 24.4 Å². The van der Waals surface area contributed by atoms with Crippen LogP contribution in [0.15, 0.2) is 48.8 Å². The summed E-state index contributed by atoms with van der Waals surface area (Å²) in [6.45, 7) is 3.50. The first-order chi connectivity index (χ1) is 12.2. The molecule has 1 aromatic carbocycles. The number of hydrogen-bond acceptors (Lipinski definition) is 4. The van der Waals surface area contributed by atoms with Crippen molar-refractivity contribution in [2.75, 3.05) is 13.7 Å². The van der Waals surface area contributed by atoms with Crippen molar-refractivity contribution in [3.8, 4) is 5.75 Å². The van der Waals surface area contributed by atoms with Gasteiger partial charge in [0.2, 0.25) is 0 Å². The summed E-state index contributed by atoms with van der Waals surface area (Å²) in [5.41, 5.74) is 4.48. The molecule has 3 heterocycles. The molecule has 1 saturated heterocycles. The molecule has 3 aromatic rings. The van der Waals surface area contributed by atoms with Gasteiger partial charge in [-0.15, -0.1) is 0 Å². The number of benzene rings is 1. The number of nitrogens with zero attached hydrogens (tertiary/aromatic N) is 3. The van der Waals surface area contributed by atoms with Gasteiger partial charge in [0.25, 0.3) is 0 Å². The quantitative estimate of drug-likeness (QED) is 0.795. The second-order valence-corrected chi connectivity index (χ2v) is 6.75. The highest BCUT2D eigenvalue weighted by atomic mass is 16.5. The SMILES string of the molecule is COc1cccc([C@H]2C[C@H](O)CN2Cc2cnc3c(C)cccn23)c1. The molecule has 0 bridgehead atoms. The van der Waals surface area contributed by atoms with Gasteiger partial charge in [0.1, 0.15) is 11.4 Å². The number of rotatable bonds is 4. The molecule has 0 aliphatic carbocycles. The maximum Gasteiger partial charge on any atom is 0.139 e. The van der Waals surface area contributed by atoms with E-state index in [0.717, 1.165) is 30.1 Å². The van der Waals surface area contributed by atoms with E-state index in [1.54, 1.807) is 7.11 Å². The van der Waals surface area contributed by atoms with Crippen molar-refractivity contribution in [1.29, 1.82) is 0 Å². The molecular formula is C20H23N3O2. The van der Waals surface area contributed by atoms with Gasteiger partial charge in [0.05, 0.1) is 25.1 Å². The van der Waals surface area contributed by atoms with Crippen LogP contribution in [0, 0.1) is 6.92 Å². The van der Waals surface area contributed by atoms with E-state index in [9.17, 15) is 5.11 Å². The molecule has 0 saturated carbocycles. The zero-order valence-electron chi connectivity index (χ0n) is 14.6. The van der Waals surface area contributed by atoms with Crippen LogP contribution in [0.4, 0.5) is 0 Å². The van der Waals surface area contributed by atoms with Crippen molar-refractivity contribution in [2.45, 2.75) is 32.0 Å². The van der Waals surface area contributed by atoms with Crippen molar-refractivity contribution in [3.05, 3.63) is 65.6 Å². The minimum Gasteiger partial charge on any atom is -0.497 e. The van der Waals surface area contributed by atoms with Crippen LogP contribution in [0.3, 0.4) is 0 Å². The van der Waals surface area contributed by atoms with Gasteiger partial charge < -0.3 is 14.2 Å². The monoisotopic (exact) mass is 337 g/mol. The molecule has 1 N–H and O–H groups in total. The zero-order chi connectivity index (χ0) is 17.4. The number of pyridine rings is 1. The lowest BCUT2D eigenvalue weighted by Gasteiger charge is -2.24. The highest BCUT2D eigenvalue weighted by Crippen LogP contribution is 2.34. The average Bonchev–Trinajstić information content (AvgIpc) is 3.20. The number of likely N-dealkylation sites (tertiary alicyclic amines) is 1. The minimum absolute atomic E-state index is 0.181. The van der Waals surface area contributed by atoms with Crippen LogP contribution in [0.25, 0.3) is 5.65 Å². The Hall–Kier alpha value is -2.37. The molecule has 2 aromatic heterocycles. The summed E-state index contributed by atoms with van der Waals surface area (Å²) in [6.07, 6.45) is 4.42. The molecule has 0 radical (unpaired) electrons. The summed E-state index contributed by atoms with van der Waals surface area (Å²) in [6, 6.07) is 12.4. The Morgan fingerprint density at radius 3 is 3.00 bits per heavy atom. The van der Waals surface area contributed by atoms with Crippen LogP contribution in [-0.4, -0.2) is 39.1 Å². The van der Waals surface area contributed by atoms with Crippen molar-refractivity contribution in [1.82, 2.24) is 14.3 Å². The maximum atomic E-state index is 10.2. The highest BCUT2D eigenvalue weighted by Gasteiger charge is 2.32. The first-order valence-corrected chi connectivity index (χ1v) is 8.63. The van der Waals surface area contributed by atoms with E-state index in [1.165, 1.54) is 11.1 Å². The maximum absolute atomic E-state index is 10.2. The molecule has 1 aliphatic rings. The predicted octanol–water partition coefficient (Wildman–Crippen LogP) is 2.96. The number of fused-ring (bicyclic) bond motifs is 1.